The van der Waals surface area contributed by atoms with Crippen molar-refractivity contribution >= 4 is 29.0 Å². The second kappa shape index (κ2) is 10.7. The number of ether oxygens (including phenoxy) is 2. The van der Waals surface area contributed by atoms with Crippen LogP contribution < -0.4 is 5.32 Å². The molecule has 0 spiro atoms. The lowest BCUT2D eigenvalue weighted by Gasteiger charge is -2.20. The van der Waals surface area contributed by atoms with E-state index in [1.807, 2.05) is 17.5 Å². The molecule has 1 N–H and O–H groups in total. The van der Waals surface area contributed by atoms with E-state index in [1.54, 1.807) is 47.2 Å². The number of rotatable bonds is 11. The summed E-state index contributed by atoms with van der Waals surface area (Å²) in [5.74, 6) is 0.0312. The van der Waals surface area contributed by atoms with E-state index < -0.39 is 0 Å². The van der Waals surface area contributed by atoms with Crippen molar-refractivity contribution in [2.24, 2.45) is 0 Å². The molecule has 0 aliphatic rings. The van der Waals surface area contributed by atoms with E-state index in [2.05, 4.69) is 10.4 Å². The van der Waals surface area contributed by atoms with Crippen molar-refractivity contribution < 1.29 is 19.1 Å². The third kappa shape index (κ3) is 6.58. The molecule has 0 bridgehead atoms. The zero-order chi connectivity index (χ0) is 18.8. The summed E-state index contributed by atoms with van der Waals surface area (Å²) in [6.45, 7) is 3.63. The number of nitrogens with one attached hydrogen (secondary N) is 1. The number of hydrogen-bond donors (Lipinski definition) is 1. The molecule has 0 aromatic carbocycles. The summed E-state index contributed by atoms with van der Waals surface area (Å²) in [6, 6.07) is 5.74. The van der Waals surface area contributed by atoms with Gasteiger partial charge in [-0.1, -0.05) is 6.07 Å². The first kappa shape index (κ1) is 20.1. The molecule has 8 nitrogen and oxygen atoms in total. The number of aromatic nitrogens is 2. The Morgan fingerprint density at radius 3 is 2.88 bits per heavy atom. The minimum atomic E-state index is -0.362. The molecule has 2 aromatic heterocycles. The Morgan fingerprint density at radius 2 is 2.19 bits per heavy atom. The maximum absolute atomic E-state index is 12.4. The Kier molecular flexibility index (Phi) is 8.26. The van der Waals surface area contributed by atoms with E-state index in [4.69, 9.17) is 9.47 Å². The van der Waals surface area contributed by atoms with Gasteiger partial charge in [-0.3, -0.25) is 14.5 Å². The zero-order valence-electron chi connectivity index (χ0n) is 15.0. The molecule has 0 aliphatic carbocycles. The smallest absolute Gasteiger partial charge is 0.320 e. The van der Waals surface area contributed by atoms with Gasteiger partial charge in [0.05, 0.1) is 39.0 Å². The van der Waals surface area contributed by atoms with Gasteiger partial charge in [0, 0.05) is 24.6 Å². The molecule has 0 aliphatic heterocycles. The Balaban J connectivity index is 1.92. The fourth-order valence-corrected chi connectivity index (χ4v) is 3.01. The summed E-state index contributed by atoms with van der Waals surface area (Å²) >= 11 is 1.63. The van der Waals surface area contributed by atoms with E-state index in [9.17, 15) is 9.59 Å². The van der Waals surface area contributed by atoms with Gasteiger partial charge >= 0.3 is 5.97 Å². The van der Waals surface area contributed by atoms with Gasteiger partial charge < -0.3 is 14.8 Å². The lowest BCUT2D eigenvalue weighted by Crippen LogP contribution is -2.39. The SMILES string of the molecule is CCOC(=O)CN(CCOC)CC(=O)Nc1ccnn1Cc1cccs1. The molecule has 142 valence electrons. The summed E-state index contributed by atoms with van der Waals surface area (Å²) < 4.78 is 11.7. The molecule has 2 rings (SSSR count). The molecule has 26 heavy (non-hydrogen) atoms. The third-order valence-electron chi connectivity index (χ3n) is 3.51. The number of anilines is 1. The average molecular weight is 380 g/mol. The Labute approximate surface area is 156 Å². The predicted molar refractivity (Wildman–Crippen MR) is 99.2 cm³/mol. The molecule has 9 heteroatoms. The van der Waals surface area contributed by atoms with Crippen LogP contribution in [0.5, 0.6) is 0 Å². The Bertz CT molecular complexity index is 687. The summed E-state index contributed by atoms with van der Waals surface area (Å²) in [4.78, 5) is 26.9. The molecule has 2 heterocycles. The quantitative estimate of drug-likeness (QED) is 0.594. The van der Waals surface area contributed by atoms with Gasteiger partial charge in [-0.2, -0.15) is 5.10 Å². The minimum Gasteiger partial charge on any atom is -0.465 e. The monoisotopic (exact) mass is 380 g/mol. The fourth-order valence-electron chi connectivity index (χ4n) is 2.32. The van der Waals surface area contributed by atoms with E-state index in [0.29, 0.717) is 32.1 Å². The maximum atomic E-state index is 12.4. The van der Waals surface area contributed by atoms with E-state index in [1.165, 1.54) is 0 Å². The lowest BCUT2D eigenvalue weighted by atomic mass is 10.4. The standard InChI is InChI=1S/C17H24N4O4S/c1-3-25-17(23)13-20(8-9-24-2)12-16(22)19-15-6-7-18-21(15)11-14-5-4-10-26-14/h4-7,10H,3,8-9,11-13H2,1-2H3,(H,19,22). The first-order valence-electron chi connectivity index (χ1n) is 8.33. The lowest BCUT2D eigenvalue weighted by molar-refractivity contribution is -0.144. The van der Waals surface area contributed by atoms with Gasteiger partial charge in [0.2, 0.25) is 5.91 Å². The van der Waals surface area contributed by atoms with Gasteiger partial charge in [0.1, 0.15) is 5.82 Å². The Morgan fingerprint density at radius 1 is 1.35 bits per heavy atom. The van der Waals surface area contributed by atoms with Crippen molar-refractivity contribution in [3.63, 3.8) is 0 Å². The highest BCUT2D eigenvalue weighted by molar-refractivity contribution is 7.09. The summed E-state index contributed by atoms with van der Waals surface area (Å²) in [6.07, 6.45) is 1.64. The van der Waals surface area contributed by atoms with Crippen molar-refractivity contribution in [3.05, 3.63) is 34.7 Å². The number of thiophene rings is 1. The Hall–Kier alpha value is -2.23. The number of hydrogen-bond acceptors (Lipinski definition) is 7. The topological polar surface area (TPSA) is 85.7 Å². The van der Waals surface area contributed by atoms with Crippen LogP contribution in [0, 0.1) is 0 Å². The van der Waals surface area contributed by atoms with E-state index in [0.717, 1.165) is 4.88 Å². The van der Waals surface area contributed by atoms with Crippen LogP contribution >= 0.6 is 11.3 Å². The second-order valence-electron chi connectivity index (χ2n) is 5.51. The van der Waals surface area contributed by atoms with Crippen LogP contribution in [0.4, 0.5) is 5.82 Å². The van der Waals surface area contributed by atoms with Gasteiger partial charge in [0.15, 0.2) is 0 Å². The summed E-state index contributed by atoms with van der Waals surface area (Å²) in [5, 5.41) is 9.09. The van der Waals surface area contributed by atoms with Crippen molar-refractivity contribution in [2.45, 2.75) is 13.5 Å². The van der Waals surface area contributed by atoms with Gasteiger partial charge in [0.25, 0.3) is 0 Å². The highest BCUT2D eigenvalue weighted by Crippen LogP contribution is 2.14. The number of amides is 1. The third-order valence-corrected chi connectivity index (χ3v) is 4.37. The van der Waals surface area contributed by atoms with Crippen molar-refractivity contribution in [1.82, 2.24) is 14.7 Å². The first-order chi connectivity index (χ1) is 12.6. The number of methoxy groups -OCH3 is 1. The van der Waals surface area contributed by atoms with Gasteiger partial charge in [-0.25, -0.2) is 4.68 Å². The zero-order valence-corrected chi connectivity index (χ0v) is 15.8. The number of nitrogens with zero attached hydrogens (tertiary/aromatic N) is 3. The van der Waals surface area contributed by atoms with Crippen LogP contribution in [-0.4, -0.2) is 66.5 Å². The highest BCUT2D eigenvalue weighted by atomic mass is 32.1. The molecule has 0 radical (unpaired) electrons. The van der Waals surface area contributed by atoms with Crippen LogP contribution in [0.25, 0.3) is 0 Å². The van der Waals surface area contributed by atoms with E-state index in [-0.39, 0.29) is 25.0 Å². The van der Waals surface area contributed by atoms with Crippen molar-refractivity contribution in [1.29, 1.82) is 0 Å². The number of carbonyl (C=O) groups excluding carboxylic acids is 2. The fraction of sp³-hybridized carbons (Fsp3) is 0.471. The molecular weight excluding hydrogens is 356 g/mol. The van der Waals surface area contributed by atoms with Crippen LogP contribution in [0.2, 0.25) is 0 Å². The van der Waals surface area contributed by atoms with Crippen molar-refractivity contribution in [2.75, 3.05) is 45.3 Å². The minimum absolute atomic E-state index is 0.0408. The molecule has 0 fully saturated rings. The average Bonchev–Trinajstić information content (AvgIpc) is 3.26. The molecule has 0 saturated heterocycles. The van der Waals surface area contributed by atoms with Crippen LogP contribution in [0.3, 0.4) is 0 Å². The number of carbonyl (C=O) groups is 2. The summed E-state index contributed by atoms with van der Waals surface area (Å²) in [5.41, 5.74) is 0. The normalized spacial score (nSPS) is 10.9. The van der Waals surface area contributed by atoms with E-state index >= 15 is 0 Å². The molecule has 0 unspecified atom stereocenters. The van der Waals surface area contributed by atoms with Gasteiger partial charge in [-0.05, 0) is 18.4 Å². The molecule has 0 saturated carbocycles. The predicted octanol–water partition coefficient (Wildman–Crippen LogP) is 1.44. The number of esters is 1. The molecular formula is C17H24N4O4S. The van der Waals surface area contributed by atoms with Crippen LogP contribution in [0.1, 0.15) is 11.8 Å². The van der Waals surface area contributed by atoms with Crippen molar-refractivity contribution in [3.8, 4) is 0 Å². The molecule has 0 atom stereocenters. The van der Waals surface area contributed by atoms with Crippen LogP contribution in [0.15, 0.2) is 29.8 Å². The largest absolute Gasteiger partial charge is 0.465 e. The second-order valence-corrected chi connectivity index (χ2v) is 6.54. The molecule has 1 amide bonds. The molecule has 2 aromatic rings. The maximum Gasteiger partial charge on any atom is 0.320 e. The van der Waals surface area contributed by atoms with Crippen LogP contribution in [-0.2, 0) is 25.6 Å². The summed E-state index contributed by atoms with van der Waals surface area (Å²) in [7, 11) is 1.58. The first-order valence-corrected chi connectivity index (χ1v) is 9.21. The highest BCUT2D eigenvalue weighted by Gasteiger charge is 2.16. The van der Waals surface area contributed by atoms with Gasteiger partial charge in [-0.15, -0.1) is 11.3 Å².